The predicted molar refractivity (Wildman–Crippen MR) is 74.8 cm³/mol. The third kappa shape index (κ3) is 2.96. The minimum Gasteiger partial charge on any atom is -0.501 e. The summed E-state index contributed by atoms with van der Waals surface area (Å²) in [7, 11) is 3.13. The topological polar surface area (TPSA) is 53.7 Å². The Kier molecular flexibility index (Phi) is 4.56. The Balaban J connectivity index is 2.34. The smallest absolute Gasteiger partial charge is 0.179 e. The summed E-state index contributed by atoms with van der Waals surface area (Å²) in [6.45, 7) is 0.753. The first kappa shape index (κ1) is 14.0. The molecule has 0 bridgehead atoms. The number of ether oxygens (including phenoxy) is 3. The number of benzene rings is 1. The fourth-order valence-corrected chi connectivity index (χ4v) is 2.44. The van der Waals surface area contributed by atoms with Crippen molar-refractivity contribution in [3.63, 3.8) is 0 Å². The van der Waals surface area contributed by atoms with Gasteiger partial charge in [0.25, 0.3) is 0 Å². The Morgan fingerprint density at radius 1 is 1.32 bits per heavy atom. The lowest BCUT2D eigenvalue weighted by Gasteiger charge is -2.21. The summed E-state index contributed by atoms with van der Waals surface area (Å²) >= 11 is 6.19. The molecule has 5 heteroatoms. The second-order valence-corrected chi connectivity index (χ2v) is 4.79. The van der Waals surface area contributed by atoms with Gasteiger partial charge in [-0.1, -0.05) is 11.6 Å². The van der Waals surface area contributed by atoms with Crippen LogP contribution in [0.2, 0.25) is 5.02 Å². The summed E-state index contributed by atoms with van der Waals surface area (Å²) in [5.74, 6) is 1.10. The predicted octanol–water partition coefficient (Wildman–Crippen LogP) is 3.05. The molecule has 1 aliphatic rings. The zero-order valence-electron chi connectivity index (χ0n) is 11.1. The standard InChI is InChI=1S/C14H18ClNO3/c1-17-12-7-10(6-11(15)14(12)18-2)13(16)9-4-3-5-19-8-9/h6-8,13H,3-5,16H2,1-2H3. The van der Waals surface area contributed by atoms with Crippen molar-refractivity contribution in [2.75, 3.05) is 20.8 Å². The Labute approximate surface area is 118 Å². The zero-order valence-corrected chi connectivity index (χ0v) is 11.9. The van der Waals surface area contributed by atoms with E-state index >= 15 is 0 Å². The van der Waals surface area contributed by atoms with Gasteiger partial charge in [-0.3, -0.25) is 0 Å². The summed E-state index contributed by atoms with van der Waals surface area (Å²) < 4.78 is 15.8. The molecule has 4 nitrogen and oxygen atoms in total. The molecule has 0 aliphatic carbocycles. The van der Waals surface area contributed by atoms with Crippen molar-refractivity contribution >= 4 is 11.6 Å². The van der Waals surface area contributed by atoms with Crippen LogP contribution in [0.25, 0.3) is 0 Å². The molecule has 1 heterocycles. The van der Waals surface area contributed by atoms with Crippen LogP contribution in [0, 0.1) is 0 Å². The van der Waals surface area contributed by atoms with E-state index in [0.717, 1.165) is 30.6 Å². The van der Waals surface area contributed by atoms with Crippen molar-refractivity contribution in [2.24, 2.45) is 5.73 Å². The maximum Gasteiger partial charge on any atom is 0.179 e. The van der Waals surface area contributed by atoms with E-state index in [0.29, 0.717) is 16.5 Å². The molecular formula is C14H18ClNO3. The fourth-order valence-electron chi connectivity index (χ4n) is 2.14. The van der Waals surface area contributed by atoms with E-state index in [9.17, 15) is 0 Å². The van der Waals surface area contributed by atoms with Crippen molar-refractivity contribution < 1.29 is 14.2 Å². The van der Waals surface area contributed by atoms with E-state index in [-0.39, 0.29) is 6.04 Å². The summed E-state index contributed by atoms with van der Waals surface area (Å²) in [6.07, 6.45) is 3.67. The van der Waals surface area contributed by atoms with E-state index in [2.05, 4.69) is 0 Å². The lowest BCUT2D eigenvalue weighted by Crippen LogP contribution is -2.16. The number of methoxy groups -OCH3 is 2. The van der Waals surface area contributed by atoms with E-state index < -0.39 is 0 Å². The molecule has 0 fully saturated rings. The summed E-state index contributed by atoms with van der Waals surface area (Å²) in [5, 5.41) is 0.490. The van der Waals surface area contributed by atoms with Crippen LogP contribution in [-0.4, -0.2) is 20.8 Å². The SMILES string of the molecule is COc1cc(C(N)C2=COCCC2)cc(Cl)c1OC. The summed E-state index contributed by atoms with van der Waals surface area (Å²) in [6, 6.07) is 3.42. The molecule has 0 saturated heterocycles. The molecule has 1 aromatic rings. The van der Waals surface area contributed by atoms with Crippen LogP contribution in [0.4, 0.5) is 0 Å². The number of halogens is 1. The Morgan fingerprint density at radius 2 is 2.11 bits per heavy atom. The van der Waals surface area contributed by atoms with Gasteiger partial charge in [-0.2, -0.15) is 0 Å². The first-order valence-corrected chi connectivity index (χ1v) is 6.52. The normalized spacial score (nSPS) is 16.3. The van der Waals surface area contributed by atoms with Crippen LogP contribution in [0.15, 0.2) is 24.0 Å². The van der Waals surface area contributed by atoms with Crippen molar-refractivity contribution in [2.45, 2.75) is 18.9 Å². The van der Waals surface area contributed by atoms with Gasteiger partial charge in [0, 0.05) is 0 Å². The molecule has 0 saturated carbocycles. The molecule has 1 aliphatic heterocycles. The van der Waals surface area contributed by atoms with Gasteiger partial charge in [0.05, 0.1) is 38.2 Å². The van der Waals surface area contributed by atoms with E-state index in [1.54, 1.807) is 20.5 Å². The van der Waals surface area contributed by atoms with Crippen LogP contribution in [-0.2, 0) is 4.74 Å². The highest BCUT2D eigenvalue weighted by Gasteiger charge is 2.19. The van der Waals surface area contributed by atoms with Crippen LogP contribution in [0.5, 0.6) is 11.5 Å². The van der Waals surface area contributed by atoms with Gasteiger partial charge in [-0.25, -0.2) is 0 Å². The number of rotatable bonds is 4. The highest BCUT2D eigenvalue weighted by atomic mass is 35.5. The minimum atomic E-state index is -0.238. The molecular weight excluding hydrogens is 266 g/mol. The number of hydrogen-bond donors (Lipinski definition) is 1. The van der Waals surface area contributed by atoms with Gasteiger partial charge in [0.2, 0.25) is 0 Å². The molecule has 0 amide bonds. The van der Waals surface area contributed by atoms with Gasteiger partial charge >= 0.3 is 0 Å². The third-order valence-electron chi connectivity index (χ3n) is 3.18. The van der Waals surface area contributed by atoms with Gasteiger partial charge < -0.3 is 19.9 Å². The van der Waals surface area contributed by atoms with Crippen molar-refractivity contribution in [3.8, 4) is 11.5 Å². The Bertz CT molecular complexity index is 488. The van der Waals surface area contributed by atoms with Crippen LogP contribution >= 0.6 is 11.6 Å². The maximum atomic E-state index is 6.25. The molecule has 104 valence electrons. The minimum absolute atomic E-state index is 0.238. The van der Waals surface area contributed by atoms with Gasteiger partial charge in [0.1, 0.15) is 0 Å². The van der Waals surface area contributed by atoms with Crippen molar-refractivity contribution in [1.29, 1.82) is 0 Å². The molecule has 19 heavy (non-hydrogen) atoms. The highest BCUT2D eigenvalue weighted by molar-refractivity contribution is 6.32. The summed E-state index contributed by atoms with van der Waals surface area (Å²) in [4.78, 5) is 0. The van der Waals surface area contributed by atoms with Crippen molar-refractivity contribution in [1.82, 2.24) is 0 Å². The number of nitrogens with two attached hydrogens (primary N) is 1. The lowest BCUT2D eigenvalue weighted by atomic mass is 9.96. The molecule has 1 atom stereocenters. The molecule has 0 spiro atoms. The van der Waals surface area contributed by atoms with Gasteiger partial charge in [-0.05, 0) is 36.1 Å². The highest BCUT2D eigenvalue weighted by Crippen LogP contribution is 2.39. The lowest BCUT2D eigenvalue weighted by molar-refractivity contribution is 0.221. The average molecular weight is 284 g/mol. The molecule has 1 unspecified atom stereocenters. The molecule has 0 aromatic heterocycles. The summed E-state index contributed by atoms with van der Waals surface area (Å²) in [5.41, 5.74) is 8.20. The largest absolute Gasteiger partial charge is 0.501 e. The fraction of sp³-hybridized carbons (Fsp3) is 0.429. The van der Waals surface area contributed by atoms with Crippen molar-refractivity contribution in [3.05, 3.63) is 34.6 Å². The van der Waals surface area contributed by atoms with Crippen LogP contribution in [0.3, 0.4) is 0 Å². The maximum absolute atomic E-state index is 6.25. The van der Waals surface area contributed by atoms with Gasteiger partial charge in [-0.15, -0.1) is 0 Å². The average Bonchev–Trinajstić information content (AvgIpc) is 2.46. The van der Waals surface area contributed by atoms with E-state index in [4.69, 9.17) is 31.5 Å². The third-order valence-corrected chi connectivity index (χ3v) is 3.46. The first-order valence-electron chi connectivity index (χ1n) is 6.15. The molecule has 2 rings (SSSR count). The van der Waals surface area contributed by atoms with Crippen LogP contribution < -0.4 is 15.2 Å². The quantitative estimate of drug-likeness (QED) is 0.923. The molecule has 1 aromatic carbocycles. The van der Waals surface area contributed by atoms with Gasteiger partial charge in [0.15, 0.2) is 11.5 Å². The van der Waals surface area contributed by atoms with Crippen LogP contribution in [0.1, 0.15) is 24.4 Å². The number of hydrogen-bond acceptors (Lipinski definition) is 4. The van der Waals surface area contributed by atoms with E-state index in [1.807, 2.05) is 12.1 Å². The van der Waals surface area contributed by atoms with E-state index in [1.165, 1.54) is 0 Å². The second kappa shape index (κ2) is 6.17. The molecule has 0 radical (unpaired) electrons. The first-order chi connectivity index (χ1) is 9.17. The zero-order chi connectivity index (χ0) is 13.8. The Hall–Kier alpha value is -1.39. The Morgan fingerprint density at radius 3 is 2.68 bits per heavy atom. The second-order valence-electron chi connectivity index (χ2n) is 4.38. The molecule has 2 N–H and O–H groups in total. The monoisotopic (exact) mass is 283 g/mol.